The molecule has 0 saturated heterocycles. The van der Waals surface area contributed by atoms with Crippen LogP contribution in [0.15, 0.2) is 47.0 Å². The predicted octanol–water partition coefficient (Wildman–Crippen LogP) is 3.08. The SMILES string of the molecule is CCN1C(=O)COc2ccc(-c3noc(Cc4ccc(OC)cc4)n3)cc21. The van der Waals surface area contributed by atoms with Crippen molar-refractivity contribution in [2.75, 3.05) is 25.2 Å². The Balaban J connectivity index is 1.58. The lowest BCUT2D eigenvalue weighted by atomic mass is 10.1. The fourth-order valence-corrected chi connectivity index (χ4v) is 3.05. The maximum absolute atomic E-state index is 12.0. The monoisotopic (exact) mass is 365 g/mol. The van der Waals surface area contributed by atoms with Gasteiger partial charge < -0.3 is 18.9 Å². The highest BCUT2D eigenvalue weighted by atomic mass is 16.5. The minimum Gasteiger partial charge on any atom is -0.497 e. The van der Waals surface area contributed by atoms with Crippen LogP contribution in [0.3, 0.4) is 0 Å². The van der Waals surface area contributed by atoms with E-state index in [1.807, 2.05) is 49.4 Å². The summed E-state index contributed by atoms with van der Waals surface area (Å²) in [5.74, 6) is 2.43. The Kier molecular flexibility index (Phi) is 4.50. The molecule has 0 radical (unpaired) electrons. The molecule has 2 aromatic carbocycles. The molecule has 0 spiro atoms. The van der Waals surface area contributed by atoms with Crippen molar-refractivity contribution < 1.29 is 18.8 Å². The van der Waals surface area contributed by atoms with Crippen LogP contribution in [0.5, 0.6) is 11.5 Å². The summed E-state index contributed by atoms with van der Waals surface area (Å²) in [5, 5.41) is 4.08. The van der Waals surface area contributed by atoms with Crippen molar-refractivity contribution in [1.82, 2.24) is 10.1 Å². The highest BCUT2D eigenvalue weighted by Gasteiger charge is 2.25. The molecule has 7 heteroatoms. The van der Waals surface area contributed by atoms with Crippen LogP contribution in [0.25, 0.3) is 11.4 Å². The second-order valence-electron chi connectivity index (χ2n) is 6.15. The standard InChI is InChI=1S/C20H19N3O4/c1-3-23-16-11-14(6-9-17(16)26-12-19(23)24)20-21-18(27-22-20)10-13-4-7-15(25-2)8-5-13/h4-9,11H,3,10,12H2,1-2H3. The molecule has 0 bridgehead atoms. The van der Waals surface area contributed by atoms with Gasteiger partial charge in [-0.05, 0) is 42.8 Å². The zero-order chi connectivity index (χ0) is 18.8. The molecule has 0 saturated carbocycles. The zero-order valence-corrected chi connectivity index (χ0v) is 15.1. The number of methoxy groups -OCH3 is 1. The molecule has 3 aromatic rings. The number of rotatable bonds is 5. The molecule has 0 unspecified atom stereocenters. The summed E-state index contributed by atoms with van der Waals surface area (Å²) < 4.78 is 16.1. The maximum Gasteiger partial charge on any atom is 0.265 e. The number of aromatic nitrogens is 2. The largest absolute Gasteiger partial charge is 0.497 e. The van der Waals surface area contributed by atoms with Crippen molar-refractivity contribution in [1.29, 1.82) is 0 Å². The summed E-state index contributed by atoms with van der Waals surface area (Å²) in [4.78, 5) is 18.2. The number of likely N-dealkylation sites (N-methyl/N-ethyl adjacent to an activating group) is 1. The first kappa shape index (κ1) is 17.1. The topological polar surface area (TPSA) is 77.7 Å². The fraction of sp³-hybridized carbons (Fsp3) is 0.250. The van der Waals surface area contributed by atoms with Crippen molar-refractivity contribution >= 4 is 11.6 Å². The smallest absolute Gasteiger partial charge is 0.265 e. The number of anilines is 1. The van der Waals surface area contributed by atoms with Gasteiger partial charge in [0, 0.05) is 12.1 Å². The van der Waals surface area contributed by atoms with Gasteiger partial charge >= 0.3 is 0 Å². The first-order chi connectivity index (χ1) is 13.2. The van der Waals surface area contributed by atoms with E-state index < -0.39 is 0 Å². The third-order valence-corrected chi connectivity index (χ3v) is 4.46. The number of hydrogen-bond acceptors (Lipinski definition) is 6. The van der Waals surface area contributed by atoms with Crippen molar-refractivity contribution in [2.24, 2.45) is 0 Å². The van der Waals surface area contributed by atoms with Gasteiger partial charge in [-0.3, -0.25) is 4.79 Å². The Morgan fingerprint density at radius 2 is 2.00 bits per heavy atom. The van der Waals surface area contributed by atoms with Gasteiger partial charge in [0.1, 0.15) is 11.5 Å². The average molecular weight is 365 g/mol. The Bertz CT molecular complexity index is 966. The van der Waals surface area contributed by atoms with Crippen molar-refractivity contribution in [3.8, 4) is 22.9 Å². The number of carbonyl (C=O) groups is 1. The molecular formula is C20H19N3O4. The van der Waals surface area contributed by atoms with Gasteiger partial charge in [-0.15, -0.1) is 0 Å². The fourth-order valence-electron chi connectivity index (χ4n) is 3.05. The summed E-state index contributed by atoms with van der Waals surface area (Å²) in [6, 6.07) is 13.3. The molecule has 0 aliphatic carbocycles. The van der Waals surface area contributed by atoms with Crippen LogP contribution >= 0.6 is 0 Å². The molecule has 0 N–H and O–H groups in total. The van der Waals surface area contributed by atoms with Crippen molar-refractivity contribution in [3.63, 3.8) is 0 Å². The van der Waals surface area contributed by atoms with E-state index in [1.54, 1.807) is 12.0 Å². The number of hydrogen-bond donors (Lipinski definition) is 0. The summed E-state index contributed by atoms with van der Waals surface area (Å²) in [5.41, 5.74) is 2.55. The number of amides is 1. The number of benzene rings is 2. The van der Waals surface area contributed by atoms with E-state index >= 15 is 0 Å². The first-order valence-electron chi connectivity index (χ1n) is 8.71. The number of fused-ring (bicyclic) bond motifs is 1. The Labute approximate surface area is 156 Å². The molecule has 1 aliphatic heterocycles. The molecule has 1 aliphatic rings. The lowest BCUT2D eigenvalue weighted by molar-refractivity contribution is -0.121. The Morgan fingerprint density at radius 3 is 2.74 bits per heavy atom. The third-order valence-electron chi connectivity index (χ3n) is 4.46. The molecular weight excluding hydrogens is 346 g/mol. The van der Waals surface area contributed by atoms with Gasteiger partial charge in [0.25, 0.3) is 5.91 Å². The molecule has 7 nitrogen and oxygen atoms in total. The lowest BCUT2D eigenvalue weighted by Crippen LogP contribution is -2.38. The van der Waals surface area contributed by atoms with Crippen molar-refractivity contribution in [3.05, 3.63) is 53.9 Å². The first-order valence-corrected chi connectivity index (χ1v) is 8.71. The molecule has 0 fully saturated rings. The van der Waals surface area contributed by atoms with Gasteiger partial charge in [0.05, 0.1) is 19.2 Å². The van der Waals surface area contributed by atoms with E-state index in [1.165, 1.54) is 0 Å². The normalized spacial score (nSPS) is 13.3. The van der Waals surface area contributed by atoms with Crippen LogP contribution in [0.2, 0.25) is 0 Å². The molecule has 2 heterocycles. The van der Waals surface area contributed by atoms with Crippen molar-refractivity contribution in [2.45, 2.75) is 13.3 Å². The highest BCUT2D eigenvalue weighted by molar-refractivity contribution is 5.98. The van der Waals surface area contributed by atoms with Gasteiger partial charge in [0.2, 0.25) is 11.7 Å². The summed E-state index contributed by atoms with van der Waals surface area (Å²) in [6.07, 6.45) is 0.532. The highest BCUT2D eigenvalue weighted by Crippen LogP contribution is 2.35. The third kappa shape index (κ3) is 3.36. The van der Waals surface area contributed by atoms with Crippen LogP contribution in [0.4, 0.5) is 5.69 Å². The van der Waals surface area contributed by atoms with E-state index in [4.69, 9.17) is 14.0 Å². The number of ether oxygens (including phenoxy) is 2. The minimum absolute atomic E-state index is 0.0598. The van der Waals surface area contributed by atoms with E-state index in [0.717, 1.165) is 22.6 Å². The van der Waals surface area contributed by atoms with Crippen LogP contribution in [-0.4, -0.2) is 36.3 Å². The van der Waals surface area contributed by atoms with Gasteiger partial charge in [0.15, 0.2) is 6.61 Å². The molecule has 4 rings (SSSR count). The van der Waals surface area contributed by atoms with E-state index in [0.29, 0.717) is 30.4 Å². The Morgan fingerprint density at radius 1 is 1.19 bits per heavy atom. The molecule has 138 valence electrons. The molecule has 1 amide bonds. The number of carbonyl (C=O) groups excluding carboxylic acids is 1. The average Bonchev–Trinajstić information content (AvgIpc) is 3.16. The molecule has 0 atom stereocenters. The minimum atomic E-state index is -0.0598. The second-order valence-corrected chi connectivity index (χ2v) is 6.15. The second kappa shape index (κ2) is 7.11. The molecule has 27 heavy (non-hydrogen) atoms. The predicted molar refractivity (Wildman–Crippen MR) is 99.1 cm³/mol. The van der Waals surface area contributed by atoms with Crippen LogP contribution < -0.4 is 14.4 Å². The van der Waals surface area contributed by atoms with Crippen LogP contribution in [-0.2, 0) is 11.2 Å². The summed E-state index contributed by atoms with van der Waals surface area (Å²) in [7, 11) is 1.64. The molecule has 1 aromatic heterocycles. The summed E-state index contributed by atoms with van der Waals surface area (Å²) >= 11 is 0. The Hall–Kier alpha value is -3.35. The zero-order valence-electron chi connectivity index (χ0n) is 15.1. The van der Waals surface area contributed by atoms with E-state index in [9.17, 15) is 4.79 Å². The van der Waals surface area contributed by atoms with Gasteiger partial charge in [-0.25, -0.2) is 0 Å². The van der Waals surface area contributed by atoms with E-state index in [2.05, 4.69) is 10.1 Å². The van der Waals surface area contributed by atoms with Gasteiger partial charge in [-0.2, -0.15) is 4.98 Å². The maximum atomic E-state index is 12.0. The van der Waals surface area contributed by atoms with Gasteiger partial charge in [-0.1, -0.05) is 17.3 Å². The van der Waals surface area contributed by atoms with Crippen LogP contribution in [0, 0.1) is 0 Å². The number of nitrogens with zero attached hydrogens (tertiary/aromatic N) is 3. The van der Waals surface area contributed by atoms with Crippen LogP contribution in [0.1, 0.15) is 18.4 Å². The van der Waals surface area contributed by atoms with E-state index in [-0.39, 0.29) is 12.5 Å². The lowest BCUT2D eigenvalue weighted by Gasteiger charge is -2.28. The quantitative estimate of drug-likeness (QED) is 0.691. The summed E-state index contributed by atoms with van der Waals surface area (Å²) in [6.45, 7) is 2.57.